The summed E-state index contributed by atoms with van der Waals surface area (Å²) in [5, 5.41) is 10.7. The van der Waals surface area contributed by atoms with E-state index in [1.165, 1.54) is 0 Å². The molecule has 0 saturated heterocycles. The highest BCUT2D eigenvalue weighted by atomic mass is 16.5. The van der Waals surface area contributed by atoms with Gasteiger partial charge in [0.25, 0.3) is 5.91 Å². The van der Waals surface area contributed by atoms with E-state index in [4.69, 9.17) is 21.2 Å². The summed E-state index contributed by atoms with van der Waals surface area (Å²) in [4.78, 5) is 21.2. The molecule has 0 spiro atoms. The number of carbonyl (C=O) groups is 1. The zero-order valence-electron chi connectivity index (χ0n) is 15.7. The molecule has 0 fully saturated rings. The third-order valence-corrected chi connectivity index (χ3v) is 5.07. The number of aryl methyl sites for hydroxylation is 1. The van der Waals surface area contributed by atoms with Crippen molar-refractivity contribution in [1.82, 2.24) is 14.5 Å². The predicted molar refractivity (Wildman–Crippen MR) is 106 cm³/mol. The number of nitrogens with two attached hydrogens (primary N) is 2. The molecule has 3 aromatic rings. The fourth-order valence-electron chi connectivity index (χ4n) is 3.62. The summed E-state index contributed by atoms with van der Waals surface area (Å²) in [6.07, 6.45) is 4.23. The average Bonchev–Trinajstić information content (AvgIpc) is 2.97. The molecule has 144 valence electrons. The number of ether oxygens (including phenoxy) is 1. The van der Waals surface area contributed by atoms with Gasteiger partial charge < -0.3 is 21.3 Å². The van der Waals surface area contributed by atoms with Crippen molar-refractivity contribution in [1.29, 1.82) is 0 Å². The van der Waals surface area contributed by atoms with Crippen LogP contribution in [0.3, 0.4) is 0 Å². The maximum Gasteiger partial charge on any atom is 0.253 e. The van der Waals surface area contributed by atoms with Crippen molar-refractivity contribution in [3.63, 3.8) is 0 Å². The van der Waals surface area contributed by atoms with Crippen LogP contribution in [-0.4, -0.2) is 38.8 Å². The van der Waals surface area contributed by atoms with Crippen LogP contribution in [0, 0.1) is 13.8 Å². The molecule has 1 aliphatic heterocycles. The second kappa shape index (κ2) is 6.65. The van der Waals surface area contributed by atoms with Crippen LogP contribution < -0.4 is 11.5 Å². The highest BCUT2D eigenvalue weighted by Crippen LogP contribution is 2.35. The number of primary amides is 1. The second-order valence-corrected chi connectivity index (χ2v) is 6.82. The van der Waals surface area contributed by atoms with E-state index in [9.17, 15) is 9.90 Å². The van der Waals surface area contributed by atoms with Crippen LogP contribution >= 0.6 is 0 Å². The molecule has 0 atom stereocenters. The van der Waals surface area contributed by atoms with Crippen molar-refractivity contribution in [3.8, 4) is 11.4 Å². The van der Waals surface area contributed by atoms with Gasteiger partial charge in [-0.15, -0.1) is 0 Å². The number of rotatable bonds is 3. The number of carbonyl (C=O) groups excluding carboxylic acids is 1. The molecule has 4 rings (SSSR count). The molecule has 0 bridgehead atoms. The first-order valence-corrected chi connectivity index (χ1v) is 8.93. The number of phenols is 1. The van der Waals surface area contributed by atoms with Gasteiger partial charge in [0, 0.05) is 11.8 Å². The van der Waals surface area contributed by atoms with Crippen LogP contribution in [-0.2, 0) is 4.74 Å². The van der Waals surface area contributed by atoms with Crippen molar-refractivity contribution in [2.45, 2.75) is 20.3 Å². The summed E-state index contributed by atoms with van der Waals surface area (Å²) >= 11 is 0. The number of amides is 1. The highest BCUT2D eigenvalue weighted by molar-refractivity contribution is 6.10. The lowest BCUT2D eigenvalue weighted by atomic mass is 10.1. The number of hydrogen-bond acceptors (Lipinski definition) is 6. The Morgan fingerprint density at radius 2 is 2.11 bits per heavy atom. The van der Waals surface area contributed by atoms with Gasteiger partial charge in [-0.2, -0.15) is 0 Å². The first kappa shape index (κ1) is 18.0. The first-order valence-electron chi connectivity index (χ1n) is 8.93. The fourth-order valence-corrected chi connectivity index (χ4v) is 3.62. The van der Waals surface area contributed by atoms with Gasteiger partial charge in [0.1, 0.15) is 11.6 Å². The first-order chi connectivity index (χ1) is 13.4. The van der Waals surface area contributed by atoms with Gasteiger partial charge in [-0.25, -0.2) is 9.97 Å². The zero-order valence-corrected chi connectivity index (χ0v) is 15.7. The Bertz CT molecular complexity index is 1150. The molecule has 0 radical (unpaired) electrons. The minimum Gasteiger partial charge on any atom is -0.508 e. The van der Waals surface area contributed by atoms with E-state index in [1.807, 2.05) is 13.0 Å². The molecule has 0 saturated carbocycles. The lowest BCUT2D eigenvalue weighted by molar-refractivity contribution is 0.100. The average molecular weight is 379 g/mol. The fraction of sp³-hybridized carbons (Fsp3) is 0.250. The Kier molecular flexibility index (Phi) is 4.27. The number of nitrogen functional groups attached to an aromatic ring is 1. The van der Waals surface area contributed by atoms with E-state index in [2.05, 4.69) is 4.98 Å². The largest absolute Gasteiger partial charge is 0.508 e. The minimum absolute atomic E-state index is 0.129. The maximum atomic E-state index is 12.1. The zero-order chi connectivity index (χ0) is 20.0. The van der Waals surface area contributed by atoms with E-state index in [0.717, 1.165) is 11.1 Å². The van der Waals surface area contributed by atoms with Crippen molar-refractivity contribution in [2.24, 2.45) is 5.73 Å². The number of fused-ring (bicyclic) bond motifs is 1. The monoisotopic (exact) mass is 379 g/mol. The van der Waals surface area contributed by atoms with Crippen LogP contribution in [0.5, 0.6) is 5.75 Å². The van der Waals surface area contributed by atoms with Crippen LogP contribution in [0.4, 0.5) is 5.82 Å². The number of nitrogens with zero attached hydrogens (tertiary/aromatic N) is 3. The number of anilines is 1. The number of aromatic hydroxyl groups is 1. The predicted octanol–water partition coefficient (Wildman–Crippen LogP) is 2.23. The van der Waals surface area contributed by atoms with Crippen LogP contribution in [0.25, 0.3) is 22.3 Å². The minimum atomic E-state index is -0.654. The maximum absolute atomic E-state index is 12.1. The van der Waals surface area contributed by atoms with Gasteiger partial charge in [0.2, 0.25) is 0 Å². The SMILES string of the molecule is Cc1ccc(O)c(C)c1-n1c(N)c(C(N)=O)c2cnc(C3=CCOCC3)nc21. The molecule has 1 amide bonds. The topological polar surface area (TPSA) is 129 Å². The third-order valence-electron chi connectivity index (χ3n) is 5.07. The Hall–Kier alpha value is -3.39. The molecule has 1 aliphatic rings. The lowest BCUT2D eigenvalue weighted by Gasteiger charge is -2.16. The van der Waals surface area contributed by atoms with Gasteiger partial charge >= 0.3 is 0 Å². The smallest absolute Gasteiger partial charge is 0.253 e. The molecular weight excluding hydrogens is 358 g/mol. The van der Waals surface area contributed by atoms with Gasteiger partial charge in [0.15, 0.2) is 11.5 Å². The van der Waals surface area contributed by atoms with E-state index in [0.29, 0.717) is 47.7 Å². The molecule has 0 unspecified atom stereocenters. The number of hydrogen-bond donors (Lipinski definition) is 3. The van der Waals surface area contributed by atoms with Crippen LogP contribution in [0.15, 0.2) is 24.4 Å². The summed E-state index contributed by atoms with van der Waals surface area (Å²) in [7, 11) is 0. The van der Waals surface area contributed by atoms with E-state index in [-0.39, 0.29) is 17.1 Å². The number of phenolic OH excluding ortho intramolecular Hbond substituents is 1. The van der Waals surface area contributed by atoms with E-state index >= 15 is 0 Å². The summed E-state index contributed by atoms with van der Waals surface area (Å²) in [5.74, 6) is 0.204. The summed E-state index contributed by atoms with van der Waals surface area (Å²) in [5.41, 5.74) is 15.7. The van der Waals surface area contributed by atoms with Gasteiger partial charge in [-0.3, -0.25) is 9.36 Å². The Morgan fingerprint density at radius 3 is 2.79 bits per heavy atom. The third kappa shape index (κ3) is 2.69. The van der Waals surface area contributed by atoms with Crippen molar-refractivity contribution in [3.05, 3.63) is 46.9 Å². The van der Waals surface area contributed by atoms with E-state index < -0.39 is 5.91 Å². The van der Waals surface area contributed by atoms with Crippen LogP contribution in [0.1, 0.15) is 33.7 Å². The molecule has 5 N–H and O–H groups in total. The van der Waals surface area contributed by atoms with Crippen molar-refractivity contribution < 1.29 is 14.6 Å². The number of aromatic nitrogens is 3. The van der Waals surface area contributed by atoms with Crippen molar-refractivity contribution in [2.75, 3.05) is 18.9 Å². The van der Waals surface area contributed by atoms with Gasteiger partial charge in [0.05, 0.1) is 29.9 Å². The van der Waals surface area contributed by atoms with E-state index in [1.54, 1.807) is 29.8 Å². The van der Waals surface area contributed by atoms with Gasteiger partial charge in [-0.05, 0) is 37.5 Å². The second-order valence-electron chi connectivity index (χ2n) is 6.82. The number of benzene rings is 1. The normalized spacial score (nSPS) is 14.3. The Morgan fingerprint density at radius 1 is 1.32 bits per heavy atom. The lowest BCUT2D eigenvalue weighted by Crippen LogP contribution is -2.14. The molecule has 1 aromatic carbocycles. The van der Waals surface area contributed by atoms with Crippen molar-refractivity contribution >= 4 is 28.3 Å². The molecule has 8 heteroatoms. The molecule has 28 heavy (non-hydrogen) atoms. The molecule has 3 heterocycles. The molecule has 0 aliphatic carbocycles. The highest BCUT2D eigenvalue weighted by Gasteiger charge is 2.25. The Labute approximate surface area is 161 Å². The summed E-state index contributed by atoms with van der Waals surface area (Å²) in [6, 6.07) is 3.41. The summed E-state index contributed by atoms with van der Waals surface area (Å²) < 4.78 is 7.03. The standard InChI is InChI=1S/C20H21N5O3/c1-10-3-4-14(26)11(2)16(10)25-17(21)15(18(22)27)13-9-23-19(24-20(13)25)12-5-7-28-8-6-12/h3-5,9,26H,6-8,21H2,1-2H3,(H2,22,27). The molecule has 8 nitrogen and oxygen atoms in total. The van der Waals surface area contributed by atoms with Gasteiger partial charge in [-0.1, -0.05) is 12.1 Å². The van der Waals surface area contributed by atoms with Crippen LogP contribution in [0.2, 0.25) is 0 Å². The Balaban J connectivity index is 2.07. The summed E-state index contributed by atoms with van der Waals surface area (Å²) in [6.45, 7) is 4.81. The quantitative estimate of drug-likeness (QED) is 0.640. The molecular formula is C20H21N5O3. The molecule has 2 aromatic heterocycles.